The van der Waals surface area contributed by atoms with E-state index in [0.717, 1.165) is 24.1 Å². The molecule has 1 aliphatic rings. The van der Waals surface area contributed by atoms with E-state index in [1.807, 2.05) is 31.2 Å². The lowest BCUT2D eigenvalue weighted by Gasteiger charge is -2.10. The maximum absolute atomic E-state index is 11.7. The van der Waals surface area contributed by atoms with Gasteiger partial charge in [-0.3, -0.25) is 9.59 Å². The first-order valence-electron chi connectivity index (χ1n) is 7.45. The molecule has 1 fully saturated rings. The van der Waals surface area contributed by atoms with Crippen LogP contribution in [0.3, 0.4) is 0 Å². The van der Waals surface area contributed by atoms with Crippen LogP contribution in [-0.2, 0) is 16.1 Å². The van der Waals surface area contributed by atoms with Crippen molar-refractivity contribution >= 4 is 17.5 Å². The summed E-state index contributed by atoms with van der Waals surface area (Å²) in [6.07, 6.45) is 2.44. The molecule has 1 aliphatic carbocycles. The van der Waals surface area contributed by atoms with Crippen LogP contribution in [0.4, 0.5) is 5.69 Å². The van der Waals surface area contributed by atoms with Gasteiger partial charge >= 0.3 is 0 Å². The minimum Gasteiger partial charge on any atom is -0.352 e. The Balaban J connectivity index is 1.76. The topological polar surface area (TPSA) is 84.2 Å². The Labute approximate surface area is 125 Å². The van der Waals surface area contributed by atoms with Crippen molar-refractivity contribution in [1.82, 2.24) is 5.32 Å². The number of nitrogens with one attached hydrogen (secondary N) is 2. The maximum atomic E-state index is 11.7. The highest BCUT2D eigenvalue weighted by Gasteiger charge is 2.29. The standard InChI is InChI=1S/C16H23N3O2/c1-11(9-17)8-15(20)18-10-12-2-6-14(7-3-12)19-16(21)13-4-5-13/h2-3,6-7,11,13H,4-5,8-10,17H2,1H3,(H,18,20)(H,19,21). The molecule has 1 aromatic carbocycles. The van der Waals surface area contributed by atoms with Gasteiger partial charge in [-0.2, -0.15) is 0 Å². The molecule has 1 aromatic rings. The van der Waals surface area contributed by atoms with Crippen molar-refractivity contribution in [3.63, 3.8) is 0 Å². The number of amides is 2. The van der Waals surface area contributed by atoms with E-state index >= 15 is 0 Å². The van der Waals surface area contributed by atoms with Crippen molar-refractivity contribution in [3.05, 3.63) is 29.8 Å². The molecule has 0 bridgehead atoms. The molecular formula is C16H23N3O2. The van der Waals surface area contributed by atoms with Crippen molar-refractivity contribution < 1.29 is 9.59 Å². The zero-order chi connectivity index (χ0) is 15.2. The van der Waals surface area contributed by atoms with E-state index in [-0.39, 0.29) is 23.7 Å². The molecule has 114 valence electrons. The molecule has 1 unspecified atom stereocenters. The summed E-state index contributed by atoms with van der Waals surface area (Å²) in [6.45, 7) is 2.96. The molecule has 0 radical (unpaired) electrons. The smallest absolute Gasteiger partial charge is 0.227 e. The molecule has 0 aromatic heterocycles. The largest absolute Gasteiger partial charge is 0.352 e. The number of anilines is 1. The Morgan fingerprint density at radius 2 is 1.95 bits per heavy atom. The normalized spacial score (nSPS) is 15.3. The second-order valence-corrected chi connectivity index (χ2v) is 5.78. The van der Waals surface area contributed by atoms with E-state index in [0.29, 0.717) is 19.5 Å². The highest BCUT2D eigenvalue weighted by molar-refractivity contribution is 5.94. The van der Waals surface area contributed by atoms with Crippen LogP contribution in [0.2, 0.25) is 0 Å². The summed E-state index contributed by atoms with van der Waals surface area (Å²) in [7, 11) is 0. The third-order valence-corrected chi connectivity index (χ3v) is 3.60. The van der Waals surface area contributed by atoms with E-state index in [1.54, 1.807) is 0 Å². The summed E-state index contributed by atoms with van der Waals surface area (Å²) in [5.74, 6) is 0.518. The van der Waals surface area contributed by atoms with E-state index in [4.69, 9.17) is 5.73 Å². The van der Waals surface area contributed by atoms with Gasteiger partial charge in [0.25, 0.3) is 0 Å². The Kier molecular flexibility index (Phi) is 5.33. The van der Waals surface area contributed by atoms with Gasteiger partial charge in [-0.05, 0) is 43.0 Å². The van der Waals surface area contributed by atoms with Gasteiger partial charge in [-0.15, -0.1) is 0 Å². The number of hydrogen-bond donors (Lipinski definition) is 3. The molecule has 21 heavy (non-hydrogen) atoms. The lowest BCUT2D eigenvalue weighted by Crippen LogP contribution is -2.26. The molecule has 5 nitrogen and oxygen atoms in total. The summed E-state index contributed by atoms with van der Waals surface area (Å²) >= 11 is 0. The monoisotopic (exact) mass is 289 g/mol. The first-order chi connectivity index (χ1) is 10.1. The van der Waals surface area contributed by atoms with Gasteiger partial charge in [0, 0.05) is 24.6 Å². The average Bonchev–Trinajstić information content (AvgIpc) is 3.31. The van der Waals surface area contributed by atoms with E-state index in [2.05, 4.69) is 10.6 Å². The van der Waals surface area contributed by atoms with Crippen molar-refractivity contribution in [2.75, 3.05) is 11.9 Å². The lowest BCUT2D eigenvalue weighted by molar-refractivity contribution is -0.122. The fourth-order valence-electron chi connectivity index (χ4n) is 1.97. The number of benzene rings is 1. The minimum absolute atomic E-state index is 0.0130. The van der Waals surface area contributed by atoms with Gasteiger partial charge in [0.2, 0.25) is 11.8 Å². The predicted molar refractivity (Wildman–Crippen MR) is 82.5 cm³/mol. The Morgan fingerprint density at radius 3 is 2.52 bits per heavy atom. The van der Waals surface area contributed by atoms with Crippen LogP contribution in [-0.4, -0.2) is 18.4 Å². The molecule has 1 saturated carbocycles. The quantitative estimate of drug-likeness (QED) is 0.713. The van der Waals surface area contributed by atoms with Gasteiger partial charge in [0.1, 0.15) is 0 Å². The molecule has 0 spiro atoms. The van der Waals surface area contributed by atoms with Gasteiger partial charge < -0.3 is 16.4 Å². The molecule has 4 N–H and O–H groups in total. The van der Waals surface area contributed by atoms with Gasteiger partial charge in [0.05, 0.1) is 0 Å². The molecule has 1 atom stereocenters. The van der Waals surface area contributed by atoms with Crippen molar-refractivity contribution in [2.24, 2.45) is 17.6 Å². The summed E-state index contributed by atoms with van der Waals surface area (Å²) < 4.78 is 0. The lowest BCUT2D eigenvalue weighted by atomic mass is 10.1. The molecule has 0 saturated heterocycles. The molecule has 2 amide bonds. The summed E-state index contributed by atoms with van der Waals surface area (Å²) in [5, 5.41) is 5.76. The van der Waals surface area contributed by atoms with E-state index < -0.39 is 0 Å². The number of nitrogens with two attached hydrogens (primary N) is 1. The third kappa shape index (κ3) is 5.19. The van der Waals surface area contributed by atoms with Gasteiger partial charge in [0.15, 0.2) is 0 Å². The highest BCUT2D eigenvalue weighted by atomic mass is 16.2. The predicted octanol–water partition coefficient (Wildman–Crippen LogP) is 1.64. The van der Waals surface area contributed by atoms with Crippen LogP contribution in [0.1, 0.15) is 31.7 Å². The average molecular weight is 289 g/mol. The van der Waals surface area contributed by atoms with Gasteiger partial charge in [-0.25, -0.2) is 0 Å². The third-order valence-electron chi connectivity index (χ3n) is 3.60. The molecule has 0 heterocycles. The number of carbonyl (C=O) groups is 2. The SMILES string of the molecule is CC(CN)CC(=O)NCc1ccc(NC(=O)C2CC2)cc1. The second-order valence-electron chi connectivity index (χ2n) is 5.78. The molecule has 5 heteroatoms. The van der Waals surface area contributed by atoms with Crippen LogP contribution in [0.5, 0.6) is 0 Å². The fourth-order valence-corrected chi connectivity index (χ4v) is 1.97. The van der Waals surface area contributed by atoms with Crippen LogP contribution in [0.25, 0.3) is 0 Å². The maximum Gasteiger partial charge on any atom is 0.227 e. The zero-order valence-corrected chi connectivity index (χ0v) is 12.4. The van der Waals surface area contributed by atoms with Crippen LogP contribution in [0, 0.1) is 11.8 Å². The molecular weight excluding hydrogens is 266 g/mol. The van der Waals surface area contributed by atoms with E-state index in [9.17, 15) is 9.59 Å². The summed E-state index contributed by atoms with van der Waals surface area (Å²) in [5.41, 5.74) is 7.31. The Morgan fingerprint density at radius 1 is 1.29 bits per heavy atom. The molecule has 0 aliphatic heterocycles. The number of carbonyl (C=O) groups excluding carboxylic acids is 2. The fraction of sp³-hybridized carbons (Fsp3) is 0.500. The van der Waals surface area contributed by atoms with Crippen LogP contribution < -0.4 is 16.4 Å². The van der Waals surface area contributed by atoms with Crippen LogP contribution in [0.15, 0.2) is 24.3 Å². The van der Waals surface area contributed by atoms with Gasteiger partial charge in [-0.1, -0.05) is 19.1 Å². The Bertz CT molecular complexity index is 495. The second kappa shape index (κ2) is 7.22. The first kappa shape index (κ1) is 15.5. The van der Waals surface area contributed by atoms with Crippen molar-refractivity contribution in [1.29, 1.82) is 0 Å². The van der Waals surface area contributed by atoms with E-state index in [1.165, 1.54) is 0 Å². The summed E-state index contributed by atoms with van der Waals surface area (Å²) in [6, 6.07) is 7.55. The minimum atomic E-state index is 0.0130. The Hall–Kier alpha value is -1.88. The molecule has 2 rings (SSSR count). The number of hydrogen-bond acceptors (Lipinski definition) is 3. The van der Waals surface area contributed by atoms with Crippen molar-refractivity contribution in [3.8, 4) is 0 Å². The zero-order valence-electron chi connectivity index (χ0n) is 12.4. The highest BCUT2D eigenvalue weighted by Crippen LogP contribution is 2.30. The summed E-state index contributed by atoms with van der Waals surface area (Å²) in [4.78, 5) is 23.3. The van der Waals surface area contributed by atoms with Crippen molar-refractivity contribution in [2.45, 2.75) is 32.7 Å². The first-order valence-corrected chi connectivity index (χ1v) is 7.45. The van der Waals surface area contributed by atoms with Crippen LogP contribution >= 0.6 is 0 Å². The number of rotatable bonds is 7.